The van der Waals surface area contributed by atoms with Crippen LogP contribution in [0.15, 0.2) is 115 Å². The van der Waals surface area contributed by atoms with Crippen molar-refractivity contribution in [1.82, 2.24) is 9.88 Å². The van der Waals surface area contributed by atoms with Crippen molar-refractivity contribution in [2.24, 2.45) is 0 Å². The monoisotopic (exact) mass is 552 g/mol. The molecule has 0 saturated heterocycles. The lowest BCUT2D eigenvalue weighted by Crippen LogP contribution is -2.44. The number of rotatable bonds is 13. The summed E-state index contributed by atoms with van der Waals surface area (Å²) < 4.78 is 25.5. The van der Waals surface area contributed by atoms with Crippen LogP contribution in [0.3, 0.4) is 0 Å². The van der Waals surface area contributed by atoms with Crippen molar-refractivity contribution in [3.63, 3.8) is 0 Å². The number of halogens is 1. The van der Waals surface area contributed by atoms with Crippen molar-refractivity contribution in [2.75, 3.05) is 19.8 Å². The summed E-state index contributed by atoms with van der Waals surface area (Å²) in [6.45, 7) is 0.988. The normalized spacial score (nSPS) is 12.8. The third-order valence-electron chi connectivity index (χ3n) is 6.87. The zero-order valence-electron chi connectivity index (χ0n) is 22.6. The largest absolute Gasteiger partial charge is 0.491 e. The molecule has 5 rings (SSSR count). The quantitative estimate of drug-likeness (QED) is 0.186. The molecule has 0 aliphatic heterocycles. The molecule has 2 atom stereocenters. The molecule has 0 amide bonds. The molecule has 41 heavy (non-hydrogen) atoms. The summed E-state index contributed by atoms with van der Waals surface area (Å²) in [7, 11) is 0. The Balaban J connectivity index is 1.27. The van der Waals surface area contributed by atoms with E-state index in [0.29, 0.717) is 42.3 Å². The average Bonchev–Trinajstić information content (AvgIpc) is 3.00. The fourth-order valence-corrected chi connectivity index (χ4v) is 4.78. The van der Waals surface area contributed by atoms with Crippen LogP contribution in [0, 0.1) is 5.82 Å². The topological polar surface area (TPSA) is 75.1 Å². The fourth-order valence-electron chi connectivity index (χ4n) is 4.78. The summed E-state index contributed by atoms with van der Waals surface area (Å²) >= 11 is 0. The van der Waals surface area contributed by atoms with Crippen LogP contribution in [0.25, 0.3) is 10.9 Å². The number of hydrogen-bond donors (Lipinski definition) is 2. The van der Waals surface area contributed by atoms with Crippen molar-refractivity contribution in [2.45, 2.75) is 25.1 Å². The summed E-state index contributed by atoms with van der Waals surface area (Å²) in [5.74, 6) is 1.59. The molecule has 1 aromatic heterocycles. The number of para-hydroxylation sites is 1. The molecule has 4 aromatic carbocycles. The molecule has 0 aliphatic carbocycles. The second-order valence-electron chi connectivity index (χ2n) is 9.95. The van der Waals surface area contributed by atoms with Gasteiger partial charge in [-0.15, -0.1) is 0 Å². The number of aromatic nitrogens is 1. The first-order valence-electron chi connectivity index (χ1n) is 13.6. The minimum atomic E-state index is -0.743. The van der Waals surface area contributed by atoms with Gasteiger partial charge in [0.1, 0.15) is 35.8 Å². The Kier molecular flexibility index (Phi) is 9.54. The Bertz CT molecular complexity index is 1520. The molecule has 0 aliphatic rings. The van der Waals surface area contributed by atoms with E-state index in [1.807, 2.05) is 84.9 Å². The highest BCUT2D eigenvalue weighted by Gasteiger charge is 2.22. The maximum absolute atomic E-state index is 13.6. The zero-order chi connectivity index (χ0) is 28.4. The average molecular weight is 553 g/mol. The van der Waals surface area contributed by atoms with Gasteiger partial charge in [-0.3, -0.25) is 9.88 Å². The van der Waals surface area contributed by atoms with Crippen LogP contribution in [0.1, 0.15) is 11.1 Å². The Morgan fingerprint density at radius 2 is 1.54 bits per heavy atom. The van der Waals surface area contributed by atoms with Gasteiger partial charge in [0.15, 0.2) is 0 Å². The number of pyridine rings is 1. The van der Waals surface area contributed by atoms with Crippen LogP contribution in [-0.2, 0) is 13.0 Å². The van der Waals surface area contributed by atoms with E-state index in [-0.39, 0.29) is 25.1 Å². The van der Waals surface area contributed by atoms with Crippen LogP contribution in [0.5, 0.6) is 17.2 Å². The Labute approximate surface area is 239 Å². The van der Waals surface area contributed by atoms with Crippen LogP contribution in [-0.4, -0.2) is 52.0 Å². The van der Waals surface area contributed by atoms with Gasteiger partial charge in [0, 0.05) is 36.8 Å². The number of hydrogen-bond acceptors (Lipinski definition) is 6. The van der Waals surface area contributed by atoms with Crippen LogP contribution >= 0.6 is 0 Å². The van der Waals surface area contributed by atoms with E-state index in [9.17, 15) is 14.6 Å². The van der Waals surface area contributed by atoms with Crippen molar-refractivity contribution in [3.8, 4) is 17.2 Å². The molecule has 210 valence electrons. The first-order chi connectivity index (χ1) is 20.1. The molecule has 6 nitrogen and oxygen atoms in total. The highest BCUT2D eigenvalue weighted by Crippen LogP contribution is 2.29. The molecule has 0 fully saturated rings. The molecular formula is C34H33FN2O4. The number of benzene rings is 4. The van der Waals surface area contributed by atoms with Crippen molar-refractivity contribution >= 4 is 10.9 Å². The first kappa shape index (κ1) is 28.2. The molecule has 7 heteroatoms. The van der Waals surface area contributed by atoms with Crippen molar-refractivity contribution in [3.05, 3.63) is 132 Å². The Morgan fingerprint density at radius 1 is 0.805 bits per heavy atom. The predicted octanol–water partition coefficient (Wildman–Crippen LogP) is 6.01. The smallest absolute Gasteiger partial charge is 0.138 e. The molecule has 2 N–H and O–H groups in total. The van der Waals surface area contributed by atoms with E-state index < -0.39 is 6.10 Å². The number of ether oxygens (including phenoxy) is 2. The Hall–Kier alpha value is -4.30. The third-order valence-corrected chi connectivity index (χ3v) is 6.87. The SMILES string of the molecule is OC[C@H](Cc1ccc(Oc2ccnc3cc(F)ccc23)cc1)N(Cc1ccccc1)C[C@H](O)COc1ccccc1. The summed E-state index contributed by atoms with van der Waals surface area (Å²) in [5, 5.41) is 22.0. The highest BCUT2D eigenvalue weighted by atomic mass is 19.1. The van der Waals surface area contributed by atoms with Crippen LogP contribution in [0.2, 0.25) is 0 Å². The predicted molar refractivity (Wildman–Crippen MR) is 158 cm³/mol. The summed E-state index contributed by atoms with van der Waals surface area (Å²) in [4.78, 5) is 6.32. The van der Waals surface area contributed by atoms with E-state index in [1.165, 1.54) is 12.1 Å². The highest BCUT2D eigenvalue weighted by molar-refractivity contribution is 5.85. The van der Waals surface area contributed by atoms with E-state index in [0.717, 1.165) is 16.5 Å². The molecule has 1 heterocycles. The van der Waals surface area contributed by atoms with Gasteiger partial charge in [-0.25, -0.2) is 4.39 Å². The summed E-state index contributed by atoms with van der Waals surface area (Å²) in [6.07, 6.45) is 1.43. The molecular weight excluding hydrogens is 519 g/mol. The lowest BCUT2D eigenvalue weighted by atomic mass is 10.0. The van der Waals surface area contributed by atoms with Gasteiger partial charge in [0.25, 0.3) is 0 Å². The molecule has 0 spiro atoms. The second-order valence-corrected chi connectivity index (χ2v) is 9.95. The van der Waals surface area contributed by atoms with Gasteiger partial charge in [-0.2, -0.15) is 0 Å². The second kappa shape index (κ2) is 13.9. The van der Waals surface area contributed by atoms with E-state index in [1.54, 1.807) is 18.3 Å². The van der Waals surface area contributed by atoms with E-state index in [2.05, 4.69) is 9.88 Å². The van der Waals surface area contributed by atoms with Crippen molar-refractivity contribution in [1.29, 1.82) is 0 Å². The van der Waals surface area contributed by atoms with E-state index in [4.69, 9.17) is 9.47 Å². The number of fused-ring (bicyclic) bond motifs is 1. The lowest BCUT2D eigenvalue weighted by molar-refractivity contribution is 0.0335. The molecule has 0 bridgehead atoms. The van der Waals surface area contributed by atoms with Gasteiger partial charge in [0.05, 0.1) is 12.1 Å². The van der Waals surface area contributed by atoms with Gasteiger partial charge < -0.3 is 19.7 Å². The number of nitrogens with zero attached hydrogens (tertiary/aromatic N) is 2. The van der Waals surface area contributed by atoms with Gasteiger partial charge in [-0.1, -0.05) is 60.7 Å². The molecule has 0 unspecified atom stereocenters. The Morgan fingerprint density at radius 3 is 2.27 bits per heavy atom. The molecule has 0 radical (unpaired) electrons. The number of aliphatic hydroxyl groups is 2. The first-order valence-corrected chi connectivity index (χ1v) is 13.6. The molecule has 0 saturated carbocycles. The van der Waals surface area contributed by atoms with Gasteiger partial charge in [0.2, 0.25) is 0 Å². The van der Waals surface area contributed by atoms with Crippen LogP contribution in [0.4, 0.5) is 4.39 Å². The van der Waals surface area contributed by atoms with E-state index >= 15 is 0 Å². The molecule has 5 aromatic rings. The van der Waals surface area contributed by atoms with Gasteiger partial charge in [-0.05, 0) is 60.0 Å². The standard InChI is InChI=1S/C34H33FN2O4/c35-27-13-16-32-33(20-27)36-18-17-34(32)41-31-14-11-25(12-15-31)19-28(23-38)37(21-26-7-3-1-4-8-26)22-29(39)24-40-30-9-5-2-6-10-30/h1-18,20,28-29,38-39H,19,21-24H2/t28-,29-/m0/s1. The minimum Gasteiger partial charge on any atom is -0.491 e. The zero-order valence-corrected chi connectivity index (χ0v) is 22.6. The van der Waals surface area contributed by atoms with Gasteiger partial charge >= 0.3 is 0 Å². The third kappa shape index (κ3) is 7.89. The van der Waals surface area contributed by atoms with Crippen LogP contribution < -0.4 is 9.47 Å². The summed E-state index contributed by atoms with van der Waals surface area (Å²) in [6, 6.07) is 33.1. The lowest BCUT2D eigenvalue weighted by Gasteiger charge is -2.32. The minimum absolute atomic E-state index is 0.0725. The van der Waals surface area contributed by atoms with Crippen molar-refractivity contribution < 1.29 is 24.1 Å². The maximum Gasteiger partial charge on any atom is 0.138 e. The maximum atomic E-state index is 13.6. The summed E-state index contributed by atoms with van der Waals surface area (Å²) in [5.41, 5.74) is 2.64. The fraction of sp³-hybridized carbons (Fsp3) is 0.206. The number of aliphatic hydroxyl groups excluding tert-OH is 2.